The molecule has 19 heavy (non-hydrogen) atoms. The lowest BCUT2D eigenvalue weighted by Gasteiger charge is -2.00. The van der Waals surface area contributed by atoms with Crippen molar-refractivity contribution in [3.8, 4) is 0 Å². The molecule has 2 rings (SSSR count). The lowest BCUT2D eigenvalue weighted by molar-refractivity contribution is 0.0697. The van der Waals surface area contributed by atoms with Gasteiger partial charge in [0.05, 0.1) is 16.9 Å². The maximum Gasteiger partial charge on any atom is 0.335 e. The van der Waals surface area contributed by atoms with Crippen LogP contribution in [0.1, 0.15) is 15.9 Å². The summed E-state index contributed by atoms with van der Waals surface area (Å²) in [5, 5.41) is 17.0. The number of rotatable bonds is 3. The van der Waals surface area contributed by atoms with E-state index in [0.717, 1.165) is 11.3 Å². The van der Waals surface area contributed by atoms with Gasteiger partial charge >= 0.3 is 5.97 Å². The Labute approximate surface area is 110 Å². The summed E-state index contributed by atoms with van der Waals surface area (Å²) in [5.41, 5.74) is 8.83. The van der Waals surface area contributed by atoms with Gasteiger partial charge < -0.3 is 10.8 Å². The third-order valence-corrected chi connectivity index (χ3v) is 2.61. The first-order valence-corrected chi connectivity index (χ1v) is 5.67. The predicted octanol–water partition coefficient (Wildman–Crippen LogP) is 3.69. The van der Waals surface area contributed by atoms with Crippen molar-refractivity contribution in [3.63, 3.8) is 0 Å². The number of hydrogen-bond donors (Lipinski definition) is 2. The van der Waals surface area contributed by atoms with E-state index in [1.165, 1.54) is 12.1 Å². The zero-order chi connectivity index (χ0) is 13.8. The summed E-state index contributed by atoms with van der Waals surface area (Å²) >= 11 is 0. The number of carboxylic acid groups (broad SMARTS) is 1. The van der Waals surface area contributed by atoms with Gasteiger partial charge in [0.25, 0.3) is 0 Å². The molecule has 2 aromatic carbocycles. The summed E-state index contributed by atoms with van der Waals surface area (Å²) in [4.78, 5) is 10.7. The Morgan fingerprint density at radius 2 is 1.79 bits per heavy atom. The molecule has 5 heteroatoms. The molecule has 2 aromatic rings. The average molecular weight is 255 g/mol. The van der Waals surface area contributed by atoms with Gasteiger partial charge in [-0.2, -0.15) is 10.2 Å². The molecule has 0 radical (unpaired) electrons. The van der Waals surface area contributed by atoms with Crippen molar-refractivity contribution in [1.29, 1.82) is 0 Å². The third-order valence-electron chi connectivity index (χ3n) is 2.61. The van der Waals surface area contributed by atoms with Gasteiger partial charge in [0.2, 0.25) is 0 Å². The Kier molecular flexibility index (Phi) is 3.56. The van der Waals surface area contributed by atoms with Crippen LogP contribution in [0.15, 0.2) is 52.7 Å². The van der Waals surface area contributed by atoms with Crippen LogP contribution in [0.4, 0.5) is 17.1 Å². The monoisotopic (exact) mass is 255 g/mol. The van der Waals surface area contributed by atoms with Crippen molar-refractivity contribution >= 4 is 23.0 Å². The van der Waals surface area contributed by atoms with E-state index in [1.54, 1.807) is 24.3 Å². The molecule has 96 valence electrons. The summed E-state index contributed by atoms with van der Waals surface area (Å²) < 4.78 is 0. The van der Waals surface area contributed by atoms with Gasteiger partial charge in [-0.3, -0.25) is 0 Å². The minimum atomic E-state index is -0.960. The van der Waals surface area contributed by atoms with E-state index in [0.29, 0.717) is 11.4 Å². The standard InChI is InChI=1S/C14H13N3O2/c1-9-8-11(15)4-7-13(9)17-16-12-5-2-10(3-6-12)14(18)19/h2-8H,15H2,1H3,(H,18,19)/b17-16+. The van der Waals surface area contributed by atoms with E-state index in [9.17, 15) is 4.79 Å². The van der Waals surface area contributed by atoms with Gasteiger partial charge in [0.15, 0.2) is 0 Å². The highest BCUT2D eigenvalue weighted by atomic mass is 16.4. The van der Waals surface area contributed by atoms with E-state index >= 15 is 0 Å². The number of benzene rings is 2. The molecule has 0 aliphatic heterocycles. The lowest BCUT2D eigenvalue weighted by Crippen LogP contribution is -1.93. The fourth-order valence-corrected chi connectivity index (χ4v) is 1.57. The molecule has 0 aliphatic carbocycles. The van der Waals surface area contributed by atoms with Gasteiger partial charge in [0, 0.05) is 5.69 Å². The minimum absolute atomic E-state index is 0.225. The summed E-state index contributed by atoms with van der Waals surface area (Å²) in [6, 6.07) is 11.6. The maximum atomic E-state index is 10.7. The Hall–Kier alpha value is -2.69. The quantitative estimate of drug-likeness (QED) is 0.647. The second-order valence-electron chi connectivity index (χ2n) is 4.10. The molecular formula is C14H13N3O2. The molecule has 0 saturated heterocycles. The van der Waals surface area contributed by atoms with Crippen LogP contribution < -0.4 is 5.73 Å². The van der Waals surface area contributed by atoms with Crippen molar-refractivity contribution < 1.29 is 9.90 Å². The van der Waals surface area contributed by atoms with Crippen LogP contribution in [-0.4, -0.2) is 11.1 Å². The molecule has 3 N–H and O–H groups in total. The molecule has 0 aromatic heterocycles. The van der Waals surface area contributed by atoms with Gasteiger partial charge in [-0.25, -0.2) is 4.79 Å². The molecule has 0 saturated carbocycles. The van der Waals surface area contributed by atoms with Gasteiger partial charge in [-0.15, -0.1) is 0 Å². The molecule has 5 nitrogen and oxygen atoms in total. The largest absolute Gasteiger partial charge is 0.478 e. The number of aromatic carboxylic acids is 1. The number of nitrogens with zero attached hydrogens (tertiary/aromatic N) is 2. The highest BCUT2D eigenvalue weighted by Crippen LogP contribution is 2.23. The molecule has 0 aliphatic rings. The molecular weight excluding hydrogens is 242 g/mol. The van der Waals surface area contributed by atoms with Crippen molar-refractivity contribution in [2.24, 2.45) is 10.2 Å². The minimum Gasteiger partial charge on any atom is -0.478 e. The Balaban J connectivity index is 2.20. The second kappa shape index (κ2) is 5.30. The SMILES string of the molecule is Cc1cc(N)ccc1/N=N/c1ccc(C(=O)O)cc1. The molecule has 0 bridgehead atoms. The Morgan fingerprint density at radius 3 is 2.37 bits per heavy atom. The lowest BCUT2D eigenvalue weighted by atomic mass is 10.2. The van der Waals surface area contributed by atoms with E-state index < -0.39 is 5.97 Å². The van der Waals surface area contributed by atoms with E-state index in [4.69, 9.17) is 10.8 Å². The zero-order valence-corrected chi connectivity index (χ0v) is 10.4. The van der Waals surface area contributed by atoms with E-state index in [1.807, 2.05) is 13.0 Å². The predicted molar refractivity (Wildman–Crippen MR) is 73.2 cm³/mol. The molecule has 0 atom stereocenters. The van der Waals surface area contributed by atoms with Gasteiger partial charge in [-0.05, 0) is 55.0 Å². The number of nitrogens with two attached hydrogens (primary N) is 1. The van der Waals surface area contributed by atoms with E-state index in [2.05, 4.69) is 10.2 Å². The van der Waals surface area contributed by atoms with Crippen LogP contribution in [0.25, 0.3) is 0 Å². The molecule has 0 amide bonds. The first-order chi connectivity index (χ1) is 9.06. The smallest absolute Gasteiger partial charge is 0.335 e. The number of anilines is 1. The molecule has 0 unspecified atom stereocenters. The Bertz CT molecular complexity index is 634. The molecule has 0 spiro atoms. The zero-order valence-electron chi connectivity index (χ0n) is 10.4. The van der Waals surface area contributed by atoms with Crippen LogP contribution in [0.3, 0.4) is 0 Å². The van der Waals surface area contributed by atoms with Gasteiger partial charge in [0.1, 0.15) is 0 Å². The van der Waals surface area contributed by atoms with Crippen LogP contribution in [0.2, 0.25) is 0 Å². The summed E-state index contributed by atoms with van der Waals surface area (Å²) in [7, 11) is 0. The third kappa shape index (κ3) is 3.16. The maximum absolute atomic E-state index is 10.7. The fraction of sp³-hybridized carbons (Fsp3) is 0.0714. The van der Waals surface area contributed by atoms with Crippen LogP contribution in [-0.2, 0) is 0 Å². The topological polar surface area (TPSA) is 88.0 Å². The number of carboxylic acids is 1. The molecule has 0 fully saturated rings. The summed E-state index contributed by atoms with van der Waals surface area (Å²) in [5.74, 6) is -0.960. The number of nitrogen functional groups attached to an aromatic ring is 1. The van der Waals surface area contributed by atoms with Crippen LogP contribution >= 0.6 is 0 Å². The number of hydrogen-bond acceptors (Lipinski definition) is 4. The van der Waals surface area contributed by atoms with E-state index in [-0.39, 0.29) is 5.56 Å². The van der Waals surface area contributed by atoms with Crippen molar-refractivity contribution in [2.45, 2.75) is 6.92 Å². The normalized spacial score (nSPS) is 10.8. The van der Waals surface area contributed by atoms with Crippen LogP contribution in [0.5, 0.6) is 0 Å². The molecule has 0 heterocycles. The highest BCUT2D eigenvalue weighted by molar-refractivity contribution is 5.87. The highest BCUT2D eigenvalue weighted by Gasteiger charge is 2.01. The average Bonchev–Trinajstić information content (AvgIpc) is 2.38. The van der Waals surface area contributed by atoms with Crippen molar-refractivity contribution in [2.75, 3.05) is 5.73 Å². The number of azo groups is 1. The second-order valence-corrected chi connectivity index (χ2v) is 4.10. The Morgan fingerprint density at radius 1 is 1.11 bits per heavy atom. The summed E-state index contributed by atoms with van der Waals surface area (Å²) in [6.45, 7) is 1.90. The van der Waals surface area contributed by atoms with Crippen molar-refractivity contribution in [1.82, 2.24) is 0 Å². The fourth-order valence-electron chi connectivity index (χ4n) is 1.57. The number of carbonyl (C=O) groups is 1. The first kappa shape index (κ1) is 12.8. The number of aryl methyl sites for hydroxylation is 1. The first-order valence-electron chi connectivity index (χ1n) is 5.67. The summed E-state index contributed by atoms with van der Waals surface area (Å²) in [6.07, 6.45) is 0. The van der Waals surface area contributed by atoms with Gasteiger partial charge in [-0.1, -0.05) is 0 Å². The van der Waals surface area contributed by atoms with Crippen LogP contribution in [0, 0.1) is 6.92 Å². The van der Waals surface area contributed by atoms with Crippen molar-refractivity contribution in [3.05, 3.63) is 53.6 Å².